The van der Waals surface area contributed by atoms with Crippen LogP contribution in [0.15, 0.2) is 61.1 Å². The van der Waals surface area contributed by atoms with Gasteiger partial charge in [-0.15, -0.1) is 0 Å². The number of likely N-dealkylation sites (tertiary alicyclic amines) is 1. The van der Waals surface area contributed by atoms with Crippen LogP contribution < -0.4 is 4.74 Å². The SMILES string of the molecule is COc1ccccc1-n1cc(C(=O)N2CCCC[C@@H]2CCc2ccccn2)cn1. The Morgan fingerprint density at radius 1 is 1.17 bits per heavy atom. The third-order valence-corrected chi connectivity index (χ3v) is 5.51. The molecule has 6 nitrogen and oxygen atoms in total. The van der Waals surface area contributed by atoms with Gasteiger partial charge in [-0.3, -0.25) is 9.78 Å². The number of para-hydroxylation sites is 2. The number of rotatable bonds is 6. The number of pyridine rings is 1. The molecule has 2 aromatic heterocycles. The number of aromatic nitrogens is 3. The molecule has 4 rings (SSSR count). The van der Waals surface area contributed by atoms with Gasteiger partial charge < -0.3 is 9.64 Å². The first-order chi connectivity index (χ1) is 14.3. The Balaban J connectivity index is 1.49. The number of hydrogen-bond acceptors (Lipinski definition) is 4. The lowest BCUT2D eigenvalue weighted by atomic mass is 9.96. The van der Waals surface area contributed by atoms with E-state index in [1.807, 2.05) is 53.6 Å². The molecule has 1 amide bonds. The Hall–Kier alpha value is -3.15. The molecular weight excluding hydrogens is 364 g/mol. The van der Waals surface area contributed by atoms with Crippen LogP contribution in [0.4, 0.5) is 0 Å². The molecule has 1 saturated heterocycles. The van der Waals surface area contributed by atoms with Gasteiger partial charge in [0.25, 0.3) is 5.91 Å². The van der Waals surface area contributed by atoms with Crippen LogP contribution >= 0.6 is 0 Å². The van der Waals surface area contributed by atoms with Crippen molar-refractivity contribution in [1.29, 1.82) is 0 Å². The summed E-state index contributed by atoms with van der Waals surface area (Å²) in [6, 6.07) is 13.9. The minimum absolute atomic E-state index is 0.0527. The smallest absolute Gasteiger partial charge is 0.257 e. The highest BCUT2D eigenvalue weighted by Gasteiger charge is 2.28. The molecule has 1 aliphatic rings. The molecule has 1 aromatic carbocycles. The van der Waals surface area contributed by atoms with E-state index in [2.05, 4.69) is 10.1 Å². The number of carbonyl (C=O) groups is 1. The summed E-state index contributed by atoms with van der Waals surface area (Å²) in [5.41, 5.74) is 2.51. The number of piperidine rings is 1. The summed E-state index contributed by atoms with van der Waals surface area (Å²) in [5.74, 6) is 0.776. The van der Waals surface area contributed by atoms with Crippen molar-refractivity contribution >= 4 is 5.91 Å². The molecule has 0 unspecified atom stereocenters. The number of aryl methyl sites for hydroxylation is 1. The highest BCUT2D eigenvalue weighted by Crippen LogP contribution is 2.25. The van der Waals surface area contributed by atoms with E-state index < -0.39 is 0 Å². The number of nitrogens with zero attached hydrogens (tertiary/aromatic N) is 4. The van der Waals surface area contributed by atoms with Crippen LogP contribution in [0.5, 0.6) is 5.75 Å². The first kappa shape index (κ1) is 19.2. The fourth-order valence-electron chi connectivity index (χ4n) is 3.98. The predicted molar refractivity (Wildman–Crippen MR) is 111 cm³/mol. The van der Waals surface area contributed by atoms with Crippen molar-refractivity contribution in [3.8, 4) is 11.4 Å². The molecule has 0 radical (unpaired) electrons. The molecule has 0 N–H and O–H groups in total. The Morgan fingerprint density at radius 3 is 2.86 bits per heavy atom. The molecule has 3 aromatic rings. The summed E-state index contributed by atoms with van der Waals surface area (Å²) in [7, 11) is 1.63. The van der Waals surface area contributed by atoms with E-state index in [9.17, 15) is 4.79 Å². The fraction of sp³-hybridized carbons (Fsp3) is 0.348. The Bertz CT molecular complexity index is 954. The first-order valence-corrected chi connectivity index (χ1v) is 10.1. The topological polar surface area (TPSA) is 60.2 Å². The summed E-state index contributed by atoms with van der Waals surface area (Å²) in [6.45, 7) is 0.797. The number of carbonyl (C=O) groups excluding carboxylic acids is 1. The van der Waals surface area contributed by atoms with Gasteiger partial charge in [0.05, 0.1) is 18.9 Å². The maximum Gasteiger partial charge on any atom is 0.257 e. The van der Waals surface area contributed by atoms with E-state index in [4.69, 9.17) is 4.74 Å². The van der Waals surface area contributed by atoms with Gasteiger partial charge in [-0.2, -0.15) is 5.10 Å². The lowest BCUT2D eigenvalue weighted by Crippen LogP contribution is -2.43. The molecule has 1 fully saturated rings. The Labute approximate surface area is 171 Å². The van der Waals surface area contributed by atoms with Crippen molar-refractivity contribution in [3.05, 3.63) is 72.3 Å². The first-order valence-electron chi connectivity index (χ1n) is 10.1. The highest BCUT2D eigenvalue weighted by atomic mass is 16.5. The predicted octanol–water partition coefficient (Wildman–Crippen LogP) is 3.90. The van der Waals surface area contributed by atoms with Crippen LogP contribution in [0.1, 0.15) is 41.7 Å². The second kappa shape index (κ2) is 8.90. The molecule has 3 heterocycles. The molecule has 0 spiro atoms. The van der Waals surface area contributed by atoms with Crippen molar-refractivity contribution in [2.24, 2.45) is 0 Å². The zero-order chi connectivity index (χ0) is 20.1. The average molecular weight is 390 g/mol. The molecule has 150 valence electrons. The van der Waals surface area contributed by atoms with Gasteiger partial charge in [0, 0.05) is 30.7 Å². The second-order valence-corrected chi connectivity index (χ2v) is 7.35. The zero-order valence-corrected chi connectivity index (χ0v) is 16.7. The van der Waals surface area contributed by atoms with E-state index in [0.717, 1.165) is 55.8 Å². The van der Waals surface area contributed by atoms with Crippen LogP contribution in [-0.4, -0.2) is 45.3 Å². The molecule has 0 aliphatic carbocycles. The van der Waals surface area contributed by atoms with E-state index >= 15 is 0 Å². The highest BCUT2D eigenvalue weighted by molar-refractivity contribution is 5.94. The summed E-state index contributed by atoms with van der Waals surface area (Å²) in [4.78, 5) is 19.7. The van der Waals surface area contributed by atoms with E-state index in [1.165, 1.54) is 0 Å². The van der Waals surface area contributed by atoms with Crippen LogP contribution in [0.2, 0.25) is 0 Å². The summed E-state index contributed by atoms with van der Waals surface area (Å²) in [6.07, 6.45) is 10.3. The van der Waals surface area contributed by atoms with Gasteiger partial charge in [0.15, 0.2) is 0 Å². The maximum absolute atomic E-state index is 13.2. The van der Waals surface area contributed by atoms with Gasteiger partial charge in [-0.05, 0) is 56.4 Å². The van der Waals surface area contributed by atoms with Crippen LogP contribution in [0, 0.1) is 0 Å². The van der Waals surface area contributed by atoms with Crippen molar-refractivity contribution in [2.45, 2.75) is 38.1 Å². The minimum Gasteiger partial charge on any atom is -0.494 e. The number of methoxy groups -OCH3 is 1. The largest absolute Gasteiger partial charge is 0.494 e. The molecule has 6 heteroatoms. The van der Waals surface area contributed by atoms with Crippen LogP contribution in [0.25, 0.3) is 5.69 Å². The van der Waals surface area contributed by atoms with Gasteiger partial charge >= 0.3 is 0 Å². The Morgan fingerprint density at radius 2 is 2.03 bits per heavy atom. The number of ether oxygens (including phenoxy) is 1. The second-order valence-electron chi connectivity index (χ2n) is 7.35. The molecule has 29 heavy (non-hydrogen) atoms. The van der Waals surface area contributed by atoms with Crippen molar-refractivity contribution in [2.75, 3.05) is 13.7 Å². The third kappa shape index (κ3) is 4.31. The van der Waals surface area contributed by atoms with Crippen LogP contribution in [-0.2, 0) is 6.42 Å². The average Bonchev–Trinajstić information content (AvgIpc) is 3.28. The summed E-state index contributed by atoms with van der Waals surface area (Å²) < 4.78 is 7.12. The standard InChI is InChI=1S/C23H26N4O2/c1-29-22-11-3-2-10-21(22)27-17-18(16-25-27)23(28)26-15-7-5-9-20(26)13-12-19-8-4-6-14-24-19/h2-4,6,8,10-11,14,16-17,20H,5,7,9,12-13,15H2,1H3/t20-/m1/s1. The van der Waals surface area contributed by atoms with E-state index in [1.54, 1.807) is 24.2 Å². The normalized spacial score (nSPS) is 16.6. The molecule has 1 atom stereocenters. The summed E-state index contributed by atoms with van der Waals surface area (Å²) >= 11 is 0. The third-order valence-electron chi connectivity index (χ3n) is 5.51. The summed E-state index contributed by atoms with van der Waals surface area (Å²) in [5, 5.41) is 4.41. The van der Waals surface area contributed by atoms with E-state index in [0.29, 0.717) is 5.56 Å². The molecule has 0 saturated carbocycles. The monoisotopic (exact) mass is 390 g/mol. The quantitative estimate of drug-likeness (QED) is 0.640. The maximum atomic E-state index is 13.2. The van der Waals surface area contributed by atoms with Gasteiger partial charge in [0.1, 0.15) is 11.4 Å². The lowest BCUT2D eigenvalue weighted by Gasteiger charge is -2.35. The van der Waals surface area contributed by atoms with Crippen molar-refractivity contribution < 1.29 is 9.53 Å². The minimum atomic E-state index is 0.0527. The van der Waals surface area contributed by atoms with Gasteiger partial charge in [-0.25, -0.2) is 4.68 Å². The fourth-order valence-corrected chi connectivity index (χ4v) is 3.98. The molecule has 1 aliphatic heterocycles. The number of hydrogen-bond donors (Lipinski definition) is 0. The molecule has 0 bridgehead atoms. The molecular formula is C23H26N4O2. The number of amides is 1. The van der Waals surface area contributed by atoms with Crippen molar-refractivity contribution in [3.63, 3.8) is 0 Å². The zero-order valence-electron chi connectivity index (χ0n) is 16.7. The van der Waals surface area contributed by atoms with Gasteiger partial charge in [-0.1, -0.05) is 18.2 Å². The van der Waals surface area contributed by atoms with E-state index in [-0.39, 0.29) is 11.9 Å². The Kier molecular flexibility index (Phi) is 5.89. The van der Waals surface area contributed by atoms with Crippen molar-refractivity contribution in [1.82, 2.24) is 19.7 Å². The van der Waals surface area contributed by atoms with Crippen LogP contribution in [0.3, 0.4) is 0 Å². The number of benzene rings is 1. The lowest BCUT2D eigenvalue weighted by molar-refractivity contribution is 0.0601. The van der Waals surface area contributed by atoms with Gasteiger partial charge in [0.2, 0.25) is 0 Å².